The van der Waals surface area contributed by atoms with Gasteiger partial charge >= 0.3 is 6.01 Å². The minimum absolute atomic E-state index is 0.0364. The highest BCUT2D eigenvalue weighted by Crippen LogP contribution is 2.22. The van der Waals surface area contributed by atoms with Crippen LogP contribution in [0.5, 0.6) is 11.8 Å². The van der Waals surface area contributed by atoms with Gasteiger partial charge in [0.15, 0.2) is 0 Å². The van der Waals surface area contributed by atoms with Gasteiger partial charge in [-0.2, -0.15) is 4.98 Å². The van der Waals surface area contributed by atoms with Crippen LogP contribution in [0.3, 0.4) is 0 Å². The smallest absolute Gasteiger partial charge is 0.322 e. The highest BCUT2D eigenvalue weighted by Gasteiger charge is 2.07. The van der Waals surface area contributed by atoms with Gasteiger partial charge in [-0.05, 0) is 24.1 Å². The fourth-order valence-corrected chi connectivity index (χ4v) is 1.57. The predicted octanol–water partition coefficient (Wildman–Crippen LogP) is 1.09. The fraction of sp³-hybridized carbons (Fsp3) is 0.154. The van der Waals surface area contributed by atoms with E-state index < -0.39 is 0 Å². The Hall–Kier alpha value is -2.47. The molecule has 0 saturated carbocycles. The van der Waals surface area contributed by atoms with Gasteiger partial charge in [-0.15, -0.1) is 0 Å². The summed E-state index contributed by atoms with van der Waals surface area (Å²) >= 11 is 0. The number of nitrogens with two attached hydrogens (primary N) is 1. The second kappa shape index (κ2) is 5.92. The topological polar surface area (TPSA) is 105 Å². The van der Waals surface area contributed by atoms with Crippen molar-refractivity contribution in [3.8, 4) is 11.8 Å². The van der Waals surface area contributed by atoms with Gasteiger partial charge in [0, 0.05) is 12.8 Å². The largest absolute Gasteiger partial charge is 0.424 e. The predicted molar refractivity (Wildman–Crippen MR) is 70.4 cm³/mol. The van der Waals surface area contributed by atoms with Gasteiger partial charge in [-0.1, -0.05) is 18.2 Å². The lowest BCUT2D eigenvalue weighted by atomic mass is 10.1. The number of para-hydroxylation sites is 1. The lowest BCUT2D eigenvalue weighted by Crippen LogP contribution is -2.13. The van der Waals surface area contributed by atoms with E-state index in [2.05, 4.69) is 9.97 Å². The van der Waals surface area contributed by atoms with E-state index in [-0.39, 0.29) is 18.5 Å². The van der Waals surface area contributed by atoms with E-state index in [1.54, 1.807) is 6.07 Å². The van der Waals surface area contributed by atoms with Crippen molar-refractivity contribution in [1.82, 2.24) is 9.97 Å². The minimum Gasteiger partial charge on any atom is -0.424 e. The van der Waals surface area contributed by atoms with Crippen LogP contribution < -0.4 is 10.5 Å². The lowest BCUT2D eigenvalue weighted by molar-refractivity contribution is 0.297. The first-order chi connectivity index (χ1) is 9.20. The molecule has 0 fully saturated rings. The Morgan fingerprint density at radius 1 is 1.32 bits per heavy atom. The number of aliphatic hydroxyl groups is 1. The lowest BCUT2D eigenvalue weighted by Gasteiger charge is -2.09. The molecule has 6 nitrogen and oxygen atoms in total. The average molecular weight is 258 g/mol. The molecule has 4 N–H and O–H groups in total. The summed E-state index contributed by atoms with van der Waals surface area (Å²) in [4.78, 5) is 7.99. The zero-order chi connectivity index (χ0) is 13.7. The van der Waals surface area contributed by atoms with E-state index in [1.165, 1.54) is 12.3 Å². The van der Waals surface area contributed by atoms with Crippen LogP contribution in [-0.4, -0.2) is 27.5 Å². The Morgan fingerprint density at radius 3 is 2.84 bits per heavy atom. The Balaban J connectivity index is 2.26. The van der Waals surface area contributed by atoms with Crippen LogP contribution in [0.1, 0.15) is 11.3 Å². The number of amidine groups is 1. The molecule has 6 heteroatoms. The molecule has 1 aromatic carbocycles. The third-order valence-corrected chi connectivity index (χ3v) is 2.46. The summed E-state index contributed by atoms with van der Waals surface area (Å²) in [6.07, 6.45) is 1.97. The van der Waals surface area contributed by atoms with Crippen molar-refractivity contribution in [2.75, 3.05) is 6.61 Å². The molecule has 0 bridgehead atoms. The number of ether oxygens (including phenoxy) is 1. The Labute approximate surface area is 110 Å². The summed E-state index contributed by atoms with van der Waals surface area (Å²) in [5.74, 6) is 0.438. The monoisotopic (exact) mass is 258 g/mol. The van der Waals surface area contributed by atoms with Crippen molar-refractivity contribution < 1.29 is 9.84 Å². The van der Waals surface area contributed by atoms with Gasteiger partial charge < -0.3 is 15.6 Å². The van der Waals surface area contributed by atoms with Crippen molar-refractivity contribution in [1.29, 1.82) is 5.41 Å². The van der Waals surface area contributed by atoms with E-state index in [9.17, 15) is 0 Å². The van der Waals surface area contributed by atoms with Crippen molar-refractivity contribution in [3.63, 3.8) is 0 Å². The number of rotatable bonds is 5. The molecule has 0 aliphatic carbocycles. The van der Waals surface area contributed by atoms with Crippen LogP contribution in [0, 0.1) is 5.41 Å². The van der Waals surface area contributed by atoms with Gasteiger partial charge in [-0.25, -0.2) is 4.98 Å². The second-order valence-corrected chi connectivity index (χ2v) is 3.82. The molecule has 0 spiro atoms. The number of nitrogens with one attached hydrogen (secondary N) is 1. The molecule has 0 amide bonds. The van der Waals surface area contributed by atoms with Gasteiger partial charge in [-0.3, -0.25) is 5.41 Å². The van der Waals surface area contributed by atoms with Gasteiger partial charge in [0.25, 0.3) is 0 Å². The van der Waals surface area contributed by atoms with Crippen molar-refractivity contribution in [2.24, 2.45) is 5.73 Å². The summed E-state index contributed by atoms with van der Waals surface area (Å²) in [5.41, 5.74) is 6.53. The molecule has 0 aliphatic heterocycles. The van der Waals surface area contributed by atoms with Crippen molar-refractivity contribution in [3.05, 3.63) is 47.8 Å². The standard InChI is InChI=1S/C13H14N4O2/c14-12(15)10-5-7-16-13(17-10)19-11-4-2-1-3-9(11)6-8-18/h1-5,7,18H,6,8H2,(H3,14,15). The zero-order valence-corrected chi connectivity index (χ0v) is 10.2. The van der Waals surface area contributed by atoms with Crippen LogP contribution in [-0.2, 0) is 6.42 Å². The van der Waals surface area contributed by atoms with Crippen LogP contribution in [0.15, 0.2) is 36.5 Å². The summed E-state index contributed by atoms with van der Waals surface area (Å²) in [7, 11) is 0. The summed E-state index contributed by atoms with van der Waals surface area (Å²) in [6, 6.07) is 8.98. The van der Waals surface area contributed by atoms with E-state index in [0.29, 0.717) is 17.9 Å². The Kier molecular flexibility index (Phi) is 4.04. The van der Waals surface area contributed by atoms with Crippen molar-refractivity contribution in [2.45, 2.75) is 6.42 Å². The van der Waals surface area contributed by atoms with E-state index in [1.807, 2.05) is 18.2 Å². The molecular weight excluding hydrogens is 244 g/mol. The summed E-state index contributed by atoms with van der Waals surface area (Å²) < 4.78 is 5.57. The number of hydrogen-bond donors (Lipinski definition) is 3. The molecule has 1 aromatic heterocycles. The average Bonchev–Trinajstić information content (AvgIpc) is 2.41. The first-order valence-corrected chi connectivity index (χ1v) is 5.75. The van der Waals surface area contributed by atoms with Crippen molar-refractivity contribution >= 4 is 5.84 Å². The van der Waals surface area contributed by atoms with Gasteiger partial charge in [0.05, 0.1) is 0 Å². The SMILES string of the molecule is N=C(N)c1ccnc(Oc2ccccc2CCO)n1. The highest BCUT2D eigenvalue weighted by atomic mass is 16.5. The van der Waals surface area contributed by atoms with Crippen LogP contribution in [0.25, 0.3) is 0 Å². The van der Waals surface area contributed by atoms with Crippen LogP contribution in [0.4, 0.5) is 0 Å². The molecule has 1 heterocycles. The number of aliphatic hydroxyl groups excluding tert-OH is 1. The van der Waals surface area contributed by atoms with E-state index >= 15 is 0 Å². The Bertz CT molecular complexity index is 586. The quantitative estimate of drug-likeness (QED) is 0.550. The highest BCUT2D eigenvalue weighted by molar-refractivity contribution is 5.92. The molecule has 0 radical (unpaired) electrons. The molecule has 2 aromatic rings. The molecule has 0 aliphatic rings. The maximum Gasteiger partial charge on any atom is 0.322 e. The van der Waals surface area contributed by atoms with E-state index in [4.69, 9.17) is 21.0 Å². The maximum absolute atomic E-state index is 9.00. The first-order valence-electron chi connectivity index (χ1n) is 5.75. The van der Waals surface area contributed by atoms with E-state index in [0.717, 1.165) is 5.56 Å². The number of nitrogen functional groups attached to an aromatic ring is 1. The molecule has 0 atom stereocenters. The summed E-state index contributed by atoms with van der Waals surface area (Å²) in [5, 5.41) is 16.3. The molecule has 19 heavy (non-hydrogen) atoms. The number of benzene rings is 1. The van der Waals surface area contributed by atoms with Gasteiger partial charge in [0.1, 0.15) is 17.3 Å². The third kappa shape index (κ3) is 3.26. The zero-order valence-electron chi connectivity index (χ0n) is 10.2. The normalized spacial score (nSPS) is 10.2. The molecule has 0 saturated heterocycles. The summed E-state index contributed by atoms with van der Waals surface area (Å²) in [6.45, 7) is 0.0364. The van der Waals surface area contributed by atoms with Crippen LogP contribution in [0.2, 0.25) is 0 Å². The second-order valence-electron chi connectivity index (χ2n) is 3.82. The Morgan fingerprint density at radius 2 is 2.11 bits per heavy atom. The first kappa shape index (κ1) is 13.0. The third-order valence-electron chi connectivity index (χ3n) is 2.46. The minimum atomic E-state index is -0.143. The molecule has 98 valence electrons. The molecule has 0 unspecified atom stereocenters. The number of nitrogens with zero attached hydrogens (tertiary/aromatic N) is 2. The molecular formula is C13H14N4O2. The molecule has 2 rings (SSSR count). The maximum atomic E-state index is 9.00. The van der Waals surface area contributed by atoms with Gasteiger partial charge in [0.2, 0.25) is 0 Å². The van der Waals surface area contributed by atoms with Crippen LogP contribution >= 0.6 is 0 Å². The number of hydrogen-bond acceptors (Lipinski definition) is 5. The number of aromatic nitrogens is 2. The fourth-order valence-electron chi connectivity index (χ4n) is 1.57.